The number of nitrogens with one attached hydrogen (secondary N) is 1. The molecule has 1 N–H and O–H groups in total. The zero-order valence-electron chi connectivity index (χ0n) is 15.1. The molecular formula is C20H14ClN3O5. The van der Waals surface area contributed by atoms with Crippen molar-refractivity contribution in [2.24, 2.45) is 0 Å². The highest BCUT2D eigenvalue weighted by molar-refractivity contribution is 6.31. The second kappa shape index (κ2) is 8.12. The maximum Gasteiger partial charge on any atom is 0.329 e. The Hall–Kier alpha value is -3.70. The molecule has 0 radical (unpaired) electrons. The van der Waals surface area contributed by atoms with Crippen LogP contribution in [0.5, 0.6) is 0 Å². The minimum absolute atomic E-state index is 0.175. The summed E-state index contributed by atoms with van der Waals surface area (Å²) in [6.45, 7) is 0.677. The van der Waals surface area contributed by atoms with E-state index in [2.05, 4.69) is 5.32 Å². The van der Waals surface area contributed by atoms with Crippen LogP contribution in [0, 0.1) is 11.3 Å². The molecule has 1 heterocycles. The van der Waals surface area contributed by atoms with Gasteiger partial charge in [-0.1, -0.05) is 23.7 Å². The number of hydrogen-bond acceptors (Lipinski definition) is 6. The Bertz CT molecular complexity index is 1040. The van der Waals surface area contributed by atoms with Gasteiger partial charge in [-0.05, 0) is 37.3 Å². The number of carbonyl (C=O) groups is 4. The van der Waals surface area contributed by atoms with Gasteiger partial charge in [-0.15, -0.1) is 0 Å². The number of anilines is 1. The molecule has 8 nitrogen and oxygen atoms in total. The molecule has 2 aromatic carbocycles. The fourth-order valence-electron chi connectivity index (χ4n) is 2.83. The zero-order valence-corrected chi connectivity index (χ0v) is 15.9. The third-order valence-corrected chi connectivity index (χ3v) is 4.51. The molecule has 1 aliphatic rings. The Labute approximate surface area is 170 Å². The van der Waals surface area contributed by atoms with Crippen molar-refractivity contribution in [3.8, 4) is 6.07 Å². The van der Waals surface area contributed by atoms with E-state index < -0.39 is 36.3 Å². The lowest BCUT2D eigenvalue weighted by Crippen LogP contribution is -2.44. The number of carbonyl (C=O) groups excluding carboxylic acids is 4. The smallest absolute Gasteiger partial charge is 0.329 e. The molecule has 0 aliphatic carbocycles. The summed E-state index contributed by atoms with van der Waals surface area (Å²) in [5.74, 6) is -2.82. The lowest BCUT2D eigenvalue weighted by atomic mass is 10.1. The minimum atomic E-state index is -1.21. The number of esters is 1. The van der Waals surface area contributed by atoms with Crippen molar-refractivity contribution in [3.63, 3.8) is 0 Å². The maximum absolute atomic E-state index is 12.4. The van der Waals surface area contributed by atoms with Crippen molar-refractivity contribution < 1.29 is 23.9 Å². The zero-order chi connectivity index (χ0) is 21.1. The standard InChI is InChI=1S/C20H14ClN3O5/c1-11(24-18(26)14-4-2-3-5-15(14)19(24)27)20(28)29-10-17(25)23-16-8-13(21)7-6-12(16)9-22/h2-8,11H,10H2,1H3,(H,23,25)/t11-/m1/s1. The van der Waals surface area contributed by atoms with Gasteiger partial charge in [0.05, 0.1) is 22.4 Å². The van der Waals surface area contributed by atoms with Crippen LogP contribution in [0.3, 0.4) is 0 Å². The predicted octanol–water partition coefficient (Wildman–Crippen LogP) is 2.38. The first-order valence-corrected chi connectivity index (χ1v) is 8.84. The summed E-state index contributed by atoms with van der Waals surface area (Å²) in [6.07, 6.45) is 0. The van der Waals surface area contributed by atoms with Gasteiger partial charge in [-0.3, -0.25) is 19.3 Å². The largest absolute Gasteiger partial charge is 0.454 e. The van der Waals surface area contributed by atoms with Crippen LogP contribution in [0.25, 0.3) is 0 Å². The van der Waals surface area contributed by atoms with Crippen molar-refractivity contribution in [1.29, 1.82) is 5.26 Å². The molecule has 29 heavy (non-hydrogen) atoms. The van der Waals surface area contributed by atoms with Gasteiger partial charge in [0.15, 0.2) is 6.61 Å². The Kier molecular flexibility index (Phi) is 5.61. The topological polar surface area (TPSA) is 117 Å². The van der Waals surface area contributed by atoms with Gasteiger partial charge in [-0.25, -0.2) is 4.79 Å². The number of ether oxygens (including phenoxy) is 1. The summed E-state index contributed by atoms with van der Waals surface area (Å²) in [5, 5.41) is 11.8. The summed E-state index contributed by atoms with van der Waals surface area (Å²) < 4.78 is 4.94. The molecule has 1 atom stereocenters. The van der Waals surface area contributed by atoms with Crippen LogP contribution in [-0.2, 0) is 14.3 Å². The molecule has 0 spiro atoms. The van der Waals surface area contributed by atoms with Crippen molar-refractivity contribution in [1.82, 2.24) is 4.90 Å². The van der Waals surface area contributed by atoms with Gasteiger partial charge in [0.2, 0.25) is 0 Å². The minimum Gasteiger partial charge on any atom is -0.454 e. The van der Waals surface area contributed by atoms with Crippen LogP contribution in [-0.4, -0.2) is 41.2 Å². The number of amides is 3. The van der Waals surface area contributed by atoms with E-state index in [1.165, 1.54) is 37.3 Å². The molecule has 1 aliphatic heterocycles. The van der Waals surface area contributed by atoms with Gasteiger partial charge in [0.1, 0.15) is 12.1 Å². The van der Waals surface area contributed by atoms with E-state index in [4.69, 9.17) is 21.6 Å². The summed E-state index contributed by atoms with van der Waals surface area (Å²) in [7, 11) is 0. The van der Waals surface area contributed by atoms with Crippen LogP contribution < -0.4 is 5.32 Å². The number of nitrogens with zero attached hydrogens (tertiary/aromatic N) is 2. The Morgan fingerprint density at radius 3 is 2.38 bits per heavy atom. The molecule has 0 saturated carbocycles. The van der Waals surface area contributed by atoms with Crippen LogP contribution in [0.4, 0.5) is 5.69 Å². The third-order valence-electron chi connectivity index (χ3n) is 4.28. The van der Waals surface area contributed by atoms with Gasteiger partial charge in [0, 0.05) is 5.02 Å². The molecule has 146 valence electrons. The number of nitriles is 1. The van der Waals surface area contributed by atoms with Crippen LogP contribution >= 0.6 is 11.6 Å². The first-order chi connectivity index (χ1) is 13.8. The van der Waals surface area contributed by atoms with Gasteiger partial charge >= 0.3 is 5.97 Å². The normalized spacial score (nSPS) is 13.5. The fraction of sp³-hybridized carbons (Fsp3) is 0.150. The second-order valence-corrected chi connectivity index (χ2v) is 6.60. The van der Waals surface area contributed by atoms with Gasteiger partial charge < -0.3 is 10.1 Å². The lowest BCUT2D eigenvalue weighted by molar-refractivity contribution is -0.150. The molecule has 0 unspecified atom stereocenters. The highest BCUT2D eigenvalue weighted by atomic mass is 35.5. The molecule has 0 bridgehead atoms. The van der Waals surface area contributed by atoms with Crippen molar-refractivity contribution in [2.45, 2.75) is 13.0 Å². The summed E-state index contributed by atoms with van der Waals surface area (Å²) >= 11 is 5.85. The Morgan fingerprint density at radius 2 is 1.79 bits per heavy atom. The molecular weight excluding hydrogens is 398 g/mol. The van der Waals surface area contributed by atoms with E-state index in [0.717, 1.165) is 4.90 Å². The average molecular weight is 412 g/mol. The average Bonchev–Trinajstić information content (AvgIpc) is 2.96. The second-order valence-electron chi connectivity index (χ2n) is 6.16. The highest BCUT2D eigenvalue weighted by Gasteiger charge is 2.41. The number of halogens is 1. The van der Waals surface area contributed by atoms with Gasteiger partial charge in [0.25, 0.3) is 17.7 Å². The molecule has 3 amide bonds. The monoisotopic (exact) mass is 411 g/mol. The first kappa shape index (κ1) is 20.0. The molecule has 0 aromatic heterocycles. The van der Waals surface area contributed by atoms with E-state index in [-0.39, 0.29) is 22.4 Å². The Balaban J connectivity index is 1.62. The summed E-state index contributed by atoms with van der Waals surface area (Å²) in [5.41, 5.74) is 0.780. The maximum atomic E-state index is 12.4. The van der Waals surface area contributed by atoms with Crippen LogP contribution in [0.15, 0.2) is 42.5 Å². The molecule has 0 fully saturated rings. The Morgan fingerprint density at radius 1 is 1.17 bits per heavy atom. The quantitative estimate of drug-likeness (QED) is 0.596. The van der Waals surface area contributed by atoms with E-state index >= 15 is 0 Å². The predicted molar refractivity (Wildman–Crippen MR) is 102 cm³/mol. The summed E-state index contributed by atoms with van der Waals surface area (Å²) in [4.78, 5) is 50.0. The lowest BCUT2D eigenvalue weighted by Gasteiger charge is -2.20. The summed E-state index contributed by atoms with van der Waals surface area (Å²) in [6, 6.07) is 11.3. The molecule has 3 rings (SSSR count). The molecule has 9 heteroatoms. The third kappa shape index (κ3) is 3.95. The number of benzene rings is 2. The number of fused-ring (bicyclic) bond motifs is 1. The SMILES string of the molecule is C[C@H](C(=O)OCC(=O)Nc1cc(Cl)ccc1C#N)N1C(=O)c2ccccc2C1=O. The van der Waals surface area contributed by atoms with E-state index in [1.807, 2.05) is 6.07 Å². The first-order valence-electron chi connectivity index (χ1n) is 8.46. The van der Waals surface area contributed by atoms with Crippen molar-refractivity contribution >= 4 is 41.0 Å². The number of rotatable bonds is 5. The van der Waals surface area contributed by atoms with Gasteiger partial charge in [-0.2, -0.15) is 5.26 Å². The van der Waals surface area contributed by atoms with Crippen molar-refractivity contribution in [3.05, 3.63) is 64.2 Å². The molecule has 0 saturated heterocycles. The number of hydrogen-bond donors (Lipinski definition) is 1. The highest BCUT2D eigenvalue weighted by Crippen LogP contribution is 2.25. The van der Waals surface area contributed by atoms with E-state index in [0.29, 0.717) is 5.02 Å². The van der Waals surface area contributed by atoms with E-state index in [9.17, 15) is 19.2 Å². The fourth-order valence-corrected chi connectivity index (χ4v) is 3.00. The molecule has 2 aromatic rings. The van der Waals surface area contributed by atoms with E-state index in [1.54, 1.807) is 12.1 Å². The number of imide groups is 1. The van der Waals surface area contributed by atoms with Crippen molar-refractivity contribution in [2.75, 3.05) is 11.9 Å². The van der Waals surface area contributed by atoms with Crippen LogP contribution in [0.2, 0.25) is 5.02 Å². The van der Waals surface area contributed by atoms with Crippen LogP contribution in [0.1, 0.15) is 33.2 Å².